The summed E-state index contributed by atoms with van der Waals surface area (Å²) in [7, 11) is 0. The molecule has 0 aromatic heterocycles. The molecular weight excluding hydrogens is 208 g/mol. The van der Waals surface area contributed by atoms with Gasteiger partial charge in [-0.25, -0.2) is 0 Å². The van der Waals surface area contributed by atoms with Crippen LogP contribution in [0.2, 0.25) is 0 Å². The Labute approximate surface area is 93.9 Å². The lowest BCUT2D eigenvalue weighted by Crippen LogP contribution is -2.23. The lowest BCUT2D eigenvalue weighted by Gasteiger charge is -2.12. The van der Waals surface area contributed by atoms with Gasteiger partial charge in [-0.15, -0.1) is 0 Å². The van der Waals surface area contributed by atoms with E-state index in [1.165, 1.54) is 18.2 Å². The first-order valence-electron chi connectivity index (χ1n) is 4.95. The van der Waals surface area contributed by atoms with Gasteiger partial charge in [-0.1, -0.05) is 6.07 Å². The Kier molecular flexibility index (Phi) is 3.73. The molecule has 1 rings (SSSR count). The minimum absolute atomic E-state index is 0.0136. The van der Waals surface area contributed by atoms with Crippen molar-refractivity contribution in [2.75, 3.05) is 0 Å². The molecule has 0 saturated heterocycles. The fraction of sp³-hybridized carbons (Fsp3) is 0.364. The third kappa shape index (κ3) is 2.87. The van der Waals surface area contributed by atoms with Crippen LogP contribution in [0.3, 0.4) is 0 Å². The van der Waals surface area contributed by atoms with Gasteiger partial charge in [0.1, 0.15) is 11.9 Å². The molecular formula is C11H16N2O3. The van der Waals surface area contributed by atoms with Gasteiger partial charge in [-0.3, -0.25) is 4.99 Å². The van der Waals surface area contributed by atoms with Crippen molar-refractivity contribution in [3.8, 4) is 11.5 Å². The summed E-state index contributed by atoms with van der Waals surface area (Å²) in [5.41, 5.74) is 5.98. The lowest BCUT2D eigenvalue weighted by molar-refractivity contribution is 0.244. The van der Waals surface area contributed by atoms with E-state index in [1.807, 2.05) is 13.8 Å². The predicted octanol–water partition coefficient (Wildman–Crippen LogP) is 0.897. The minimum Gasteiger partial charge on any atom is -0.504 e. The second-order valence-electron chi connectivity index (χ2n) is 3.80. The first-order chi connectivity index (χ1) is 7.41. The van der Waals surface area contributed by atoms with Crippen LogP contribution in [0.15, 0.2) is 23.2 Å². The summed E-state index contributed by atoms with van der Waals surface area (Å²) in [6.07, 6.45) is -1.08. The van der Waals surface area contributed by atoms with Gasteiger partial charge < -0.3 is 21.1 Å². The monoisotopic (exact) mass is 224 g/mol. The number of phenolic OH excluding ortho intramolecular Hbond substituents is 2. The number of hydrogen-bond donors (Lipinski definition) is 4. The smallest absolute Gasteiger partial charge is 0.157 e. The summed E-state index contributed by atoms with van der Waals surface area (Å²) in [4.78, 5) is 4.01. The molecule has 1 atom stereocenters. The Hall–Kier alpha value is -1.75. The van der Waals surface area contributed by atoms with Crippen molar-refractivity contribution in [2.24, 2.45) is 10.7 Å². The van der Waals surface area contributed by atoms with E-state index in [4.69, 9.17) is 10.8 Å². The molecule has 0 saturated carbocycles. The molecule has 5 heteroatoms. The minimum atomic E-state index is -1.08. The summed E-state index contributed by atoms with van der Waals surface area (Å²) in [5.74, 6) is -0.454. The van der Waals surface area contributed by atoms with Crippen LogP contribution in [0, 0.1) is 0 Å². The van der Waals surface area contributed by atoms with Crippen molar-refractivity contribution in [3.63, 3.8) is 0 Å². The van der Waals surface area contributed by atoms with E-state index in [1.54, 1.807) is 0 Å². The van der Waals surface area contributed by atoms with Crippen LogP contribution in [-0.4, -0.2) is 27.2 Å². The molecule has 0 fully saturated rings. The quantitative estimate of drug-likeness (QED) is 0.348. The van der Waals surface area contributed by atoms with E-state index in [9.17, 15) is 10.2 Å². The molecule has 16 heavy (non-hydrogen) atoms. The number of rotatable bonds is 3. The third-order valence-corrected chi connectivity index (χ3v) is 2.00. The number of nitrogens with zero attached hydrogens (tertiary/aromatic N) is 1. The maximum atomic E-state index is 9.80. The average molecular weight is 224 g/mol. The number of aliphatic hydroxyl groups is 1. The summed E-state index contributed by atoms with van der Waals surface area (Å²) in [6.45, 7) is 3.68. The molecule has 88 valence electrons. The second kappa shape index (κ2) is 4.85. The van der Waals surface area contributed by atoms with E-state index >= 15 is 0 Å². The normalized spacial score (nSPS) is 14.1. The Bertz CT molecular complexity index is 402. The van der Waals surface area contributed by atoms with E-state index in [2.05, 4.69) is 4.99 Å². The molecule has 1 aromatic carbocycles. The van der Waals surface area contributed by atoms with Crippen LogP contribution in [-0.2, 0) is 0 Å². The van der Waals surface area contributed by atoms with Gasteiger partial charge in [-0.05, 0) is 31.5 Å². The summed E-state index contributed by atoms with van der Waals surface area (Å²) >= 11 is 0. The zero-order chi connectivity index (χ0) is 12.3. The standard InChI is InChI=1S/C11H16N2O3/c1-6(2)13-11(12)10(16)7-3-4-8(14)9(15)5-7/h3-6,10,14-16H,1-2H3,(H2,12,13)/t10-/m1/s1. The zero-order valence-electron chi connectivity index (χ0n) is 9.25. The van der Waals surface area contributed by atoms with Crippen molar-refractivity contribution in [1.82, 2.24) is 0 Å². The number of aliphatic imine (C=N–C) groups is 1. The highest BCUT2D eigenvalue weighted by molar-refractivity contribution is 5.86. The number of hydrogen-bond acceptors (Lipinski definition) is 4. The van der Waals surface area contributed by atoms with E-state index in [0.29, 0.717) is 5.56 Å². The van der Waals surface area contributed by atoms with Gasteiger partial charge in [0.05, 0.1) is 0 Å². The van der Waals surface area contributed by atoms with Gasteiger partial charge in [0.25, 0.3) is 0 Å². The molecule has 0 spiro atoms. The Morgan fingerprint density at radius 2 is 1.88 bits per heavy atom. The van der Waals surface area contributed by atoms with Crippen molar-refractivity contribution in [3.05, 3.63) is 23.8 Å². The number of aromatic hydroxyl groups is 2. The Morgan fingerprint density at radius 1 is 1.25 bits per heavy atom. The third-order valence-electron chi connectivity index (χ3n) is 2.00. The van der Waals surface area contributed by atoms with Crippen LogP contribution in [0.1, 0.15) is 25.5 Å². The summed E-state index contributed by atoms with van der Waals surface area (Å²) in [6, 6.07) is 4.00. The molecule has 0 aliphatic carbocycles. The molecule has 0 heterocycles. The SMILES string of the molecule is CC(C)N=C(N)[C@H](O)c1ccc(O)c(O)c1. The Balaban J connectivity index is 2.96. The zero-order valence-corrected chi connectivity index (χ0v) is 9.25. The number of nitrogens with two attached hydrogens (primary N) is 1. The average Bonchev–Trinajstić information content (AvgIpc) is 2.20. The second-order valence-corrected chi connectivity index (χ2v) is 3.80. The highest BCUT2D eigenvalue weighted by Crippen LogP contribution is 2.27. The summed E-state index contributed by atoms with van der Waals surface area (Å²) < 4.78 is 0. The molecule has 0 amide bonds. The van der Waals surface area contributed by atoms with Crippen molar-refractivity contribution in [2.45, 2.75) is 26.0 Å². The van der Waals surface area contributed by atoms with Gasteiger partial charge in [0.2, 0.25) is 0 Å². The van der Waals surface area contributed by atoms with Crippen LogP contribution in [0.5, 0.6) is 11.5 Å². The lowest BCUT2D eigenvalue weighted by atomic mass is 10.1. The predicted molar refractivity (Wildman–Crippen MR) is 61.5 cm³/mol. The molecule has 0 unspecified atom stereocenters. The number of benzene rings is 1. The van der Waals surface area contributed by atoms with E-state index in [-0.39, 0.29) is 23.4 Å². The molecule has 0 bridgehead atoms. The highest BCUT2D eigenvalue weighted by atomic mass is 16.3. The van der Waals surface area contributed by atoms with Crippen LogP contribution < -0.4 is 5.73 Å². The number of phenols is 2. The fourth-order valence-electron chi connectivity index (χ4n) is 1.25. The van der Waals surface area contributed by atoms with Crippen molar-refractivity contribution >= 4 is 5.84 Å². The van der Waals surface area contributed by atoms with Crippen molar-refractivity contribution < 1.29 is 15.3 Å². The van der Waals surface area contributed by atoms with E-state index in [0.717, 1.165) is 0 Å². The van der Waals surface area contributed by atoms with Crippen molar-refractivity contribution in [1.29, 1.82) is 0 Å². The highest BCUT2D eigenvalue weighted by Gasteiger charge is 2.14. The maximum absolute atomic E-state index is 9.80. The fourth-order valence-corrected chi connectivity index (χ4v) is 1.25. The molecule has 5 N–H and O–H groups in total. The van der Waals surface area contributed by atoms with Crippen LogP contribution in [0.4, 0.5) is 0 Å². The first kappa shape index (κ1) is 12.3. The molecule has 0 radical (unpaired) electrons. The van der Waals surface area contributed by atoms with Gasteiger partial charge in [-0.2, -0.15) is 0 Å². The van der Waals surface area contributed by atoms with Gasteiger partial charge >= 0.3 is 0 Å². The first-order valence-corrected chi connectivity index (χ1v) is 4.95. The number of amidine groups is 1. The van der Waals surface area contributed by atoms with E-state index < -0.39 is 6.10 Å². The summed E-state index contributed by atoms with van der Waals surface area (Å²) in [5, 5.41) is 28.2. The maximum Gasteiger partial charge on any atom is 0.157 e. The Morgan fingerprint density at radius 3 is 2.38 bits per heavy atom. The van der Waals surface area contributed by atoms with Gasteiger partial charge in [0, 0.05) is 6.04 Å². The largest absolute Gasteiger partial charge is 0.504 e. The number of aliphatic hydroxyl groups excluding tert-OH is 1. The molecule has 5 nitrogen and oxygen atoms in total. The van der Waals surface area contributed by atoms with Crippen LogP contribution in [0.25, 0.3) is 0 Å². The molecule has 1 aromatic rings. The topological polar surface area (TPSA) is 99.1 Å². The molecule has 0 aliphatic heterocycles. The molecule has 0 aliphatic rings. The van der Waals surface area contributed by atoms with Crippen LogP contribution >= 0.6 is 0 Å². The van der Waals surface area contributed by atoms with Gasteiger partial charge in [0.15, 0.2) is 11.5 Å².